The van der Waals surface area contributed by atoms with E-state index in [0.29, 0.717) is 11.2 Å². The van der Waals surface area contributed by atoms with E-state index in [9.17, 15) is 4.79 Å². The first-order valence-electron chi connectivity index (χ1n) is 9.06. The van der Waals surface area contributed by atoms with Crippen molar-refractivity contribution in [3.8, 4) is 5.75 Å². The second-order valence-electron chi connectivity index (χ2n) is 6.86. The lowest BCUT2D eigenvalue weighted by Crippen LogP contribution is -2.28. The molecule has 0 bridgehead atoms. The molecule has 0 aliphatic rings. The van der Waals surface area contributed by atoms with Crippen molar-refractivity contribution in [3.63, 3.8) is 0 Å². The van der Waals surface area contributed by atoms with Gasteiger partial charge in [-0.15, -0.1) is 0 Å². The van der Waals surface area contributed by atoms with Gasteiger partial charge < -0.3 is 18.8 Å². The molecule has 1 N–H and O–H groups in total. The summed E-state index contributed by atoms with van der Waals surface area (Å²) in [5.41, 5.74) is 2.88. The van der Waals surface area contributed by atoms with Crippen molar-refractivity contribution in [1.82, 2.24) is 14.0 Å². The minimum Gasteiger partial charge on any atom is -0.497 e. The number of Topliss-reactive ketones (excluding diaryl/α,β-unsaturated/α-hetero) is 1. The summed E-state index contributed by atoms with van der Waals surface area (Å²) >= 11 is 0. The van der Waals surface area contributed by atoms with Crippen LogP contribution in [0.4, 0.5) is 0 Å². The van der Waals surface area contributed by atoms with Gasteiger partial charge in [-0.25, -0.2) is 0 Å². The molecular weight excluding hydrogens is 340 g/mol. The summed E-state index contributed by atoms with van der Waals surface area (Å²) in [4.78, 5) is 14.9. The Morgan fingerprint density at radius 3 is 2.26 bits per heavy atom. The zero-order chi connectivity index (χ0) is 19.4. The number of ketones is 1. The Labute approximate surface area is 159 Å². The molecule has 27 heavy (non-hydrogen) atoms. The first-order valence-corrected chi connectivity index (χ1v) is 9.06. The second kappa shape index (κ2) is 8.22. The standard InChI is InChI=1S/C21H26N4O2/c1-23(2)13-6-14-24-18-7-4-5-8-19(18)25(21(24)22)15-20(26)16-9-11-17(27-3)12-10-16/h4-5,7-12,22H,6,13-15H2,1-3H3. The fourth-order valence-electron chi connectivity index (χ4n) is 3.24. The van der Waals surface area contributed by atoms with Gasteiger partial charge in [0.25, 0.3) is 0 Å². The zero-order valence-corrected chi connectivity index (χ0v) is 16.1. The number of carbonyl (C=O) groups excluding carboxylic acids is 1. The number of fused-ring (bicyclic) bond motifs is 1. The van der Waals surface area contributed by atoms with Crippen molar-refractivity contribution in [2.45, 2.75) is 19.5 Å². The highest BCUT2D eigenvalue weighted by molar-refractivity contribution is 5.96. The van der Waals surface area contributed by atoms with Gasteiger partial charge >= 0.3 is 0 Å². The maximum Gasteiger partial charge on any atom is 0.203 e. The second-order valence-corrected chi connectivity index (χ2v) is 6.86. The number of nitrogens with one attached hydrogen (secondary N) is 1. The van der Waals surface area contributed by atoms with Crippen molar-refractivity contribution in [3.05, 3.63) is 59.7 Å². The summed E-state index contributed by atoms with van der Waals surface area (Å²) in [6.07, 6.45) is 0.948. The molecule has 0 spiro atoms. The maximum absolute atomic E-state index is 12.8. The van der Waals surface area contributed by atoms with Gasteiger partial charge in [0.1, 0.15) is 5.75 Å². The monoisotopic (exact) mass is 366 g/mol. The number of aryl methyl sites for hydroxylation is 1. The summed E-state index contributed by atoms with van der Waals surface area (Å²) < 4.78 is 8.92. The van der Waals surface area contributed by atoms with Crippen LogP contribution in [0.3, 0.4) is 0 Å². The molecule has 1 aromatic heterocycles. The number of benzene rings is 2. The third-order valence-corrected chi connectivity index (χ3v) is 4.68. The van der Waals surface area contributed by atoms with Gasteiger partial charge in [-0.3, -0.25) is 10.2 Å². The average molecular weight is 366 g/mol. The quantitative estimate of drug-likeness (QED) is 0.624. The van der Waals surface area contributed by atoms with Crippen molar-refractivity contribution in [2.75, 3.05) is 27.7 Å². The molecule has 2 aromatic carbocycles. The van der Waals surface area contributed by atoms with E-state index >= 15 is 0 Å². The van der Waals surface area contributed by atoms with Gasteiger partial charge in [0.2, 0.25) is 5.62 Å². The number of imidazole rings is 1. The SMILES string of the molecule is COc1ccc(C(=O)Cn2c(=N)n(CCCN(C)C)c3ccccc32)cc1. The van der Waals surface area contributed by atoms with Crippen molar-refractivity contribution in [2.24, 2.45) is 0 Å². The van der Waals surface area contributed by atoms with E-state index in [2.05, 4.69) is 4.90 Å². The van der Waals surface area contributed by atoms with Gasteiger partial charge in [-0.1, -0.05) is 12.1 Å². The molecule has 0 aliphatic heterocycles. The molecule has 142 valence electrons. The summed E-state index contributed by atoms with van der Waals surface area (Å²) in [5.74, 6) is 0.699. The predicted octanol–water partition coefficient (Wildman–Crippen LogP) is 2.77. The average Bonchev–Trinajstić information content (AvgIpc) is 2.93. The molecular formula is C21H26N4O2. The number of carbonyl (C=O) groups is 1. The molecule has 6 heteroatoms. The van der Waals surface area contributed by atoms with Crippen LogP contribution < -0.4 is 10.4 Å². The minimum absolute atomic E-state index is 0.0210. The Morgan fingerprint density at radius 2 is 1.67 bits per heavy atom. The van der Waals surface area contributed by atoms with Gasteiger partial charge in [0, 0.05) is 12.1 Å². The molecule has 3 rings (SSSR count). The van der Waals surface area contributed by atoms with Crippen LogP contribution in [-0.2, 0) is 13.1 Å². The maximum atomic E-state index is 12.8. The van der Waals surface area contributed by atoms with Gasteiger partial charge in [0.05, 0.1) is 24.7 Å². The summed E-state index contributed by atoms with van der Waals surface area (Å²) in [6.45, 7) is 1.85. The highest BCUT2D eigenvalue weighted by Crippen LogP contribution is 2.16. The van der Waals surface area contributed by atoms with E-state index in [-0.39, 0.29) is 12.3 Å². The van der Waals surface area contributed by atoms with E-state index < -0.39 is 0 Å². The Hall–Kier alpha value is -2.86. The number of hydrogen-bond donors (Lipinski definition) is 1. The van der Waals surface area contributed by atoms with Crippen LogP contribution in [0.2, 0.25) is 0 Å². The fraction of sp³-hybridized carbons (Fsp3) is 0.333. The Bertz CT molecular complexity index is 984. The van der Waals surface area contributed by atoms with Gasteiger partial charge in [-0.2, -0.15) is 0 Å². The lowest BCUT2D eigenvalue weighted by atomic mass is 10.1. The summed E-state index contributed by atoms with van der Waals surface area (Å²) in [6, 6.07) is 15.0. The number of para-hydroxylation sites is 2. The normalized spacial score (nSPS) is 11.3. The molecule has 0 amide bonds. The van der Waals surface area contributed by atoms with Crippen LogP contribution in [0.15, 0.2) is 48.5 Å². The molecule has 3 aromatic rings. The largest absolute Gasteiger partial charge is 0.497 e. The first-order chi connectivity index (χ1) is 13.0. The fourth-order valence-corrected chi connectivity index (χ4v) is 3.24. The highest BCUT2D eigenvalue weighted by atomic mass is 16.5. The molecule has 6 nitrogen and oxygen atoms in total. The lowest BCUT2D eigenvalue weighted by molar-refractivity contribution is 0.0971. The molecule has 0 fully saturated rings. The molecule has 0 unspecified atom stereocenters. The summed E-state index contributed by atoms with van der Waals surface area (Å²) in [7, 11) is 5.69. The summed E-state index contributed by atoms with van der Waals surface area (Å²) in [5, 5.41) is 8.62. The molecule has 0 aliphatic carbocycles. The van der Waals surface area contributed by atoms with Gasteiger partial charge in [0.15, 0.2) is 5.78 Å². The van der Waals surface area contributed by atoms with Gasteiger partial charge in [-0.05, 0) is 63.5 Å². The molecule has 0 atom stereocenters. The van der Waals surface area contributed by atoms with Crippen LogP contribution in [0.5, 0.6) is 5.75 Å². The van der Waals surface area contributed by atoms with Crippen LogP contribution >= 0.6 is 0 Å². The number of aromatic nitrogens is 2. The lowest BCUT2D eigenvalue weighted by Gasteiger charge is -2.10. The number of hydrogen-bond acceptors (Lipinski definition) is 4. The Morgan fingerprint density at radius 1 is 1.04 bits per heavy atom. The van der Waals surface area contributed by atoms with Crippen LogP contribution in [0, 0.1) is 5.41 Å². The van der Waals surface area contributed by atoms with E-state index in [1.807, 2.05) is 42.9 Å². The topological polar surface area (TPSA) is 63.2 Å². The minimum atomic E-state index is -0.0210. The smallest absolute Gasteiger partial charge is 0.203 e. The number of ether oxygens (including phenoxy) is 1. The molecule has 1 heterocycles. The van der Waals surface area contributed by atoms with Crippen molar-refractivity contribution >= 4 is 16.8 Å². The van der Waals surface area contributed by atoms with E-state index in [4.69, 9.17) is 10.1 Å². The van der Waals surface area contributed by atoms with Crippen molar-refractivity contribution in [1.29, 1.82) is 5.41 Å². The molecule has 0 saturated heterocycles. The third-order valence-electron chi connectivity index (χ3n) is 4.68. The highest BCUT2D eigenvalue weighted by Gasteiger charge is 2.14. The molecule has 0 saturated carbocycles. The molecule has 0 radical (unpaired) electrons. The van der Waals surface area contributed by atoms with Crippen LogP contribution in [0.25, 0.3) is 11.0 Å². The van der Waals surface area contributed by atoms with Crippen LogP contribution in [0.1, 0.15) is 16.8 Å². The van der Waals surface area contributed by atoms with E-state index in [1.165, 1.54) is 0 Å². The number of methoxy groups -OCH3 is 1. The third kappa shape index (κ3) is 4.11. The van der Waals surface area contributed by atoms with Crippen molar-refractivity contribution < 1.29 is 9.53 Å². The Balaban J connectivity index is 1.90. The number of nitrogens with zero attached hydrogens (tertiary/aromatic N) is 3. The zero-order valence-electron chi connectivity index (χ0n) is 16.1. The Kier molecular flexibility index (Phi) is 5.76. The first kappa shape index (κ1) is 18.9. The number of rotatable bonds is 8. The predicted molar refractivity (Wildman–Crippen MR) is 106 cm³/mol. The van der Waals surface area contributed by atoms with E-state index in [0.717, 1.165) is 36.3 Å². The van der Waals surface area contributed by atoms with E-state index in [1.54, 1.807) is 35.9 Å². The van der Waals surface area contributed by atoms with Crippen LogP contribution in [-0.4, -0.2) is 47.6 Å².